The third-order valence-electron chi connectivity index (χ3n) is 1.62. The largest absolute Gasteiger partial charge is 0.287 e. The molecule has 78 valence electrons. The Hall–Kier alpha value is -1.68. The Balaban J connectivity index is 2.61. The van der Waals surface area contributed by atoms with Crippen LogP contribution >= 0.6 is 11.6 Å². The van der Waals surface area contributed by atoms with E-state index < -0.39 is 17.3 Å². The molecule has 0 aliphatic heterocycles. The molecule has 1 rings (SSSR count). The number of carbonyl (C=O) groups is 1. The van der Waals surface area contributed by atoms with Crippen LogP contribution in [0.4, 0.5) is 0 Å². The van der Waals surface area contributed by atoms with Crippen molar-refractivity contribution in [1.29, 1.82) is 0 Å². The van der Waals surface area contributed by atoms with Gasteiger partial charge in [-0.15, -0.1) is 0 Å². The lowest BCUT2D eigenvalue weighted by Gasteiger charge is -1.92. The minimum atomic E-state index is -0.676. The van der Waals surface area contributed by atoms with Crippen molar-refractivity contribution < 1.29 is 9.72 Å². The number of benzene rings is 1. The van der Waals surface area contributed by atoms with Crippen molar-refractivity contribution in [2.45, 2.75) is 0 Å². The lowest BCUT2D eigenvalue weighted by molar-refractivity contribution is -0.466. The second-order valence-corrected chi connectivity index (χ2v) is 3.28. The Morgan fingerprint density at radius 2 is 2.00 bits per heavy atom. The molecule has 0 bridgehead atoms. The van der Waals surface area contributed by atoms with Crippen LogP contribution in [0.3, 0.4) is 0 Å². The van der Waals surface area contributed by atoms with Gasteiger partial charge in [-0.3, -0.25) is 14.9 Å². The topological polar surface area (TPSA) is 60.2 Å². The average molecular weight is 226 g/mol. The van der Waals surface area contributed by atoms with E-state index in [2.05, 4.69) is 0 Å². The lowest BCUT2D eigenvalue weighted by Crippen LogP contribution is -2.10. The molecule has 0 unspecified atom stereocenters. The van der Waals surface area contributed by atoms with Crippen molar-refractivity contribution in [2.24, 2.45) is 0 Å². The van der Waals surface area contributed by atoms with Crippen LogP contribution < -0.4 is 0 Å². The van der Waals surface area contributed by atoms with Crippen molar-refractivity contribution in [3.63, 3.8) is 0 Å². The lowest BCUT2D eigenvalue weighted by atomic mass is 10.2. The van der Waals surface area contributed by atoms with Crippen LogP contribution in [-0.2, 0) is 4.79 Å². The van der Waals surface area contributed by atoms with Crippen LogP contribution in [0.5, 0.6) is 0 Å². The van der Waals surface area contributed by atoms with Gasteiger partial charge < -0.3 is 0 Å². The van der Waals surface area contributed by atoms with Gasteiger partial charge in [-0.2, -0.15) is 0 Å². The smallest absolute Gasteiger partial charge is 0.265 e. The summed E-state index contributed by atoms with van der Waals surface area (Å²) in [6.07, 6.45) is 2.70. The fourth-order valence-electron chi connectivity index (χ4n) is 0.943. The summed E-state index contributed by atoms with van der Waals surface area (Å²) in [7, 11) is 0. The van der Waals surface area contributed by atoms with Gasteiger partial charge in [0.1, 0.15) is 0 Å². The van der Waals surface area contributed by atoms with Crippen molar-refractivity contribution in [3.05, 3.63) is 51.0 Å². The molecule has 0 aliphatic carbocycles. The monoisotopic (exact) mass is 225 g/mol. The molecule has 5 heteroatoms. The van der Waals surface area contributed by atoms with Gasteiger partial charge in [0.15, 0.2) is 0 Å². The van der Waals surface area contributed by atoms with E-state index in [4.69, 9.17) is 11.6 Å². The number of rotatable bonds is 4. The zero-order valence-corrected chi connectivity index (χ0v) is 8.48. The van der Waals surface area contributed by atoms with E-state index >= 15 is 0 Å². The Labute approximate surface area is 91.3 Å². The molecular formula is C10H8ClNO3. The minimum Gasteiger partial charge on any atom is -0.287 e. The maximum absolute atomic E-state index is 10.9. The van der Waals surface area contributed by atoms with Crippen LogP contribution in [0.15, 0.2) is 30.3 Å². The first kappa shape index (κ1) is 11.4. The second kappa shape index (κ2) is 5.26. The van der Waals surface area contributed by atoms with E-state index in [1.807, 2.05) is 0 Å². The molecule has 1 aromatic carbocycles. The standard InChI is InChI=1S/C10H8ClNO3/c11-9-4-1-8(2-5-9)3-6-10(13)7-12(14)15/h1-6H,7H2. The van der Waals surface area contributed by atoms with Crippen molar-refractivity contribution in [3.8, 4) is 0 Å². The SMILES string of the molecule is O=C(C=Cc1ccc(Cl)cc1)C[N+](=O)[O-]. The van der Waals surface area contributed by atoms with Gasteiger partial charge in [0, 0.05) is 9.95 Å². The Kier molecular flexibility index (Phi) is 4.00. The maximum atomic E-state index is 10.9. The molecule has 0 saturated heterocycles. The van der Waals surface area contributed by atoms with Gasteiger partial charge in [0.2, 0.25) is 5.78 Å². The van der Waals surface area contributed by atoms with E-state index in [9.17, 15) is 14.9 Å². The van der Waals surface area contributed by atoms with Crippen LogP contribution in [0, 0.1) is 10.1 Å². The Morgan fingerprint density at radius 3 is 2.53 bits per heavy atom. The van der Waals surface area contributed by atoms with Crippen LogP contribution in [-0.4, -0.2) is 17.3 Å². The fraction of sp³-hybridized carbons (Fsp3) is 0.100. The summed E-state index contributed by atoms with van der Waals surface area (Å²) in [5, 5.41) is 10.6. The molecule has 1 aromatic rings. The quantitative estimate of drug-likeness (QED) is 0.448. The fourth-order valence-corrected chi connectivity index (χ4v) is 1.07. The van der Waals surface area contributed by atoms with E-state index in [1.54, 1.807) is 24.3 Å². The minimum absolute atomic E-state index is 0.532. The first-order chi connectivity index (χ1) is 7.08. The summed E-state index contributed by atoms with van der Waals surface area (Å²) >= 11 is 5.66. The molecule has 0 radical (unpaired) electrons. The molecule has 0 atom stereocenters. The number of nitro groups is 1. The molecule has 0 amide bonds. The van der Waals surface area contributed by atoms with Gasteiger partial charge in [-0.05, 0) is 23.8 Å². The molecule has 0 N–H and O–H groups in total. The Morgan fingerprint density at radius 1 is 1.40 bits per heavy atom. The summed E-state index contributed by atoms with van der Waals surface area (Å²) < 4.78 is 0. The number of ketones is 1. The van der Waals surface area contributed by atoms with Crippen molar-refractivity contribution in [1.82, 2.24) is 0 Å². The average Bonchev–Trinajstić information content (AvgIpc) is 2.16. The highest BCUT2D eigenvalue weighted by Gasteiger charge is 2.04. The van der Waals surface area contributed by atoms with Gasteiger partial charge >= 0.3 is 0 Å². The molecule has 0 fully saturated rings. The molecular weight excluding hydrogens is 218 g/mol. The first-order valence-electron chi connectivity index (χ1n) is 4.16. The molecule has 0 spiro atoms. The van der Waals surface area contributed by atoms with E-state index in [1.165, 1.54) is 12.2 Å². The zero-order chi connectivity index (χ0) is 11.3. The molecule has 0 saturated carbocycles. The maximum Gasteiger partial charge on any atom is 0.265 e. The van der Waals surface area contributed by atoms with Crippen LogP contribution in [0.25, 0.3) is 6.08 Å². The van der Waals surface area contributed by atoms with Gasteiger partial charge in [0.05, 0.1) is 0 Å². The number of carbonyl (C=O) groups excluding carboxylic acids is 1. The second-order valence-electron chi connectivity index (χ2n) is 2.84. The third-order valence-corrected chi connectivity index (χ3v) is 1.87. The molecule has 0 heterocycles. The highest BCUT2D eigenvalue weighted by Crippen LogP contribution is 2.10. The molecule has 0 aliphatic rings. The molecule has 15 heavy (non-hydrogen) atoms. The number of hydrogen-bond donors (Lipinski definition) is 0. The summed E-state index contributed by atoms with van der Waals surface area (Å²) in [6.45, 7) is -0.676. The molecule has 0 aromatic heterocycles. The van der Waals surface area contributed by atoms with Crippen LogP contribution in [0.2, 0.25) is 5.02 Å². The third kappa shape index (κ3) is 4.37. The van der Waals surface area contributed by atoms with Gasteiger partial charge in [-0.1, -0.05) is 29.8 Å². The number of hydrogen-bond acceptors (Lipinski definition) is 3. The van der Waals surface area contributed by atoms with E-state index in [0.717, 1.165) is 5.56 Å². The first-order valence-corrected chi connectivity index (χ1v) is 4.54. The highest BCUT2D eigenvalue weighted by atomic mass is 35.5. The van der Waals surface area contributed by atoms with Crippen molar-refractivity contribution in [2.75, 3.05) is 6.54 Å². The van der Waals surface area contributed by atoms with E-state index in [-0.39, 0.29) is 0 Å². The molecule has 4 nitrogen and oxygen atoms in total. The van der Waals surface area contributed by atoms with Gasteiger partial charge in [-0.25, -0.2) is 0 Å². The summed E-state index contributed by atoms with van der Waals surface area (Å²) in [5.74, 6) is -0.532. The summed E-state index contributed by atoms with van der Waals surface area (Å²) in [5.41, 5.74) is 0.774. The normalized spacial score (nSPS) is 10.5. The number of nitrogens with zero attached hydrogens (tertiary/aromatic N) is 1. The van der Waals surface area contributed by atoms with Gasteiger partial charge in [0.25, 0.3) is 6.54 Å². The number of halogens is 1. The predicted molar refractivity (Wildman–Crippen MR) is 57.4 cm³/mol. The van der Waals surface area contributed by atoms with E-state index in [0.29, 0.717) is 5.02 Å². The summed E-state index contributed by atoms with van der Waals surface area (Å²) in [4.78, 5) is 20.3. The van der Waals surface area contributed by atoms with Crippen LogP contribution in [0.1, 0.15) is 5.56 Å². The zero-order valence-electron chi connectivity index (χ0n) is 7.72. The highest BCUT2D eigenvalue weighted by molar-refractivity contribution is 6.30. The Bertz CT molecular complexity index is 398. The predicted octanol–water partition coefficient (Wildman–Crippen LogP) is 2.20. The summed E-state index contributed by atoms with van der Waals surface area (Å²) in [6, 6.07) is 6.80. The van der Waals surface area contributed by atoms with Crippen molar-refractivity contribution >= 4 is 23.5 Å².